The number of H-pyrrole nitrogens is 1. The van der Waals surface area contributed by atoms with Crippen LogP contribution in [0.15, 0.2) is 64.0 Å². The molecule has 0 aliphatic rings. The highest BCUT2D eigenvalue weighted by Gasteiger charge is 2.11. The Morgan fingerprint density at radius 1 is 1.05 bits per heavy atom. The van der Waals surface area contributed by atoms with Crippen molar-refractivity contribution in [2.45, 2.75) is 6.42 Å². The summed E-state index contributed by atoms with van der Waals surface area (Å²) in [6, 6.07) is 15.3. The van der Waals surface area contributed by atoms with E-state index >= 15 is 0 Å². The zero-order valence-corrected chi connectivity index (χ0v) is 12.7. The summed E-state index contributed by atoms with van der Waals surface area (Å²) >= 11 is 3.31. The molecule has 0 unspecified atom stereocenters. The molecular formula is C16H12BrN3O. The van der Waals surface area contributed by atoms with Gasteiger partial charge in [0.05, 0.1) is 5.69 Å². The van der Waals surface area contributed by atoms with E-state index in [1.165, 1.54) is 0 Å². The minimum atomic E-state index is -0.185. The fraction of sp³-hybridized carbons (Fsp3) is 0.0625. The molecule has 0 atom stereocenters. The lowest BCUT2D eigenvalue weighted by Gasteiger charge is -2.06. The molecule has 0 saturated carbocycles. The third-order valence-electron chi connectivity index (χ3n) is 3.03. The number of nitrogens with one attached hydrogen (secondary N) is 1. The molecule has 104 valence electrons. The SMILES string of the molecule is O=c1[nH]c(Cc2ccccn2)nc(-c2ccccc2)c1Br. The lowest BCUT2D eigenvalue weighted by atomic mass is 10.1. The predicted molar refractivity (Wildman–Crippen MR) is 85.0 cm³/mol. The largest absolute Gasteiger partial charge is 0.309 e. The average Bonchev–Trinajstić information content (AvgIpc) is 2.52. The molecular weight excluding hydrogens is 330 g/mol. The molecule has 4 nitrogen and oxygen atoms in total. The van der Waals surface area contributed by atoms with E-state index in [1.807, 2.05) is 48.5 Å². The molecule has 0 amide bonds. The minimum absolute atomic E-state index is 0.185. The third-order valence-corrected chi connectivity index (χ3v) is 3.77. The molecule has 0 aliphatic carbocycles. The second-order valence-corrected chi connectivity index (χ2v) is 5.33. The van der Waals surface area contributed by atoms with Gasteiger partial charge in [0.25, 0.3) is 5.56 Å². The minimum Gasteiger partial charge on any atom is -0.309 e. The molecule has 2 heterocycles. The van der Waals surface area contributed by atoms with Gasteiger partial charge >= 0.3 is 0 Å². The Balaban J connectivity index is 2.04. The maximum Gasteiger partial charge on any atom is 0.265 e. The normalized spacial score (nSPS) is 10.5. The van der Waals surface area contributed by atoms with E-state index in [4.69, 9.17) is 0 Å². The van der Waals surface area contributed by atoms with Gasteiger partial charge in [-0.15, -0.1) is 0 Å². The van der Waals surface area contributed by atoms with Crippen molar-refractivity contribution in [2.75, 3.05) is 0 Å². The molecule has 3 rings (SSSR count). The van der Waals surface area contributed by atoms with Crippen LogP contribution >= 0.6 is 15.9 Å². The molecule has 1 aromatic carbocycles. The number of halogens is 1. The Morgan fingerprint density at radius 3 is 2.52 bits per heavy atom. The van der Waals surface area contributed by atoms with Crippen LogP contribution in [0.3, 0.4) is 0 Å². The first-order valence-corrected chi connectivity index (χ1v) is 7.27. The molecule has 0 fully saturated rings. The fourth-order valence-electron chi connectivity index (χ4n) is 2.05. The van der Waals surface area contributed by atoms with E-state index in [1.54, 1.807) is 6.20 Å². The summed E-state index contributed by atoms with van der Waals surface area (Å²) in [5.74, 6) is 0.598. The summed E-state index contributed by atoms with van der Waals surface area (Å²) in [7, 11) is 0. The van der Waals surface area contributed by atoms with Crippen LogP contribution in [0.1, 0.15) is 11.5 Å². The molecule has 0 saturated heterocycles. The van der Waals surface area contributed by atoms with E-state index in [0.717, 1.165) is 11.3 Å². The fourth-order valence-corrected chi connectivity index (χ4v) is 2.47. The number of nitrogens with zero attached hydrogens (tertiary/aromatic N) is 2. The first-order chi connectivity index (χ1) is 10.2. The maximum atomic E-state index is 12.1. The number of aromatic amines is 1. The van der Waals surface area contributed by atoms with Crippen LogP contribution in [0.4, 0.5) is 0 Å². The Labute approximate surface area is 130 Å². The maximum absolute atomic E-state index is 12.1. The summed E-state index contributed by atoms with van der Waals surface area (Å²) in [6.07, 6.45) is 2.22. The van der Waals surface area contributed by atoms with Gasteiger partial charge in [0.15, 0.2) is 0 Å². The second-order valence-electron chi connectivity index (χ2n) is 4.54. The number of hydrogen-bond donors (Lipinski definition) is 1. The quantitative estimate of drug-likeness (QED) is 0.795. The Morgan fingerprint density at radius 2 is 1.81 bits per heavy atom. The molecule has 0 spiro atoms. The highest BCUT2D eigenvalue weighted by Crippen LogP contribution is 2.23. The van der Waals surface area contributed by atoms with Crippen molar-refractivity contribution in [3.8, 4) is 11.3 Å². The van der Waals surface area contributed by atoms with Gasteiger partial charge in [0.1, 0.15) is 10.3 Å². The summed E-state index contributed by atoms with van der Waals surface area (Å²) in [5, 5.41) is 0. The van der Waals surface area contributed by atoms with Crippen molar-refractivity contribution in [3.63, 3.8) is 0 Å². The van der Waals surface area contributed by atoms with Crippen molar-refractivity contribution in [3.05, 3.63) is 81.1 Å². The van der Waals surface area contributed by atoms with E-state index in [9.17, 15) is 4.79 Å². The van der Waals surface area contributed by atoms with Crippen molar-refractivity contribution < 1.29 is 0 Å². The second kappa shape index (κ2) is 6.01. The lowest BCUT2D eigenvalue weighted by Crippen LogP contribution is -2.14. The van der Waals surface area contributed by atoms with Gasteiger partial charge in [-0.05, 0) is 28.1 Å². The first-order valence-electron chi connectivity index (χ1n) is 6.48. The molecule has 0 radical (unpaired) electrons. The third kappa shape index (κ3) is 3.08. The Hall–Kier alpha value is -2.27. The number of rotatable bonds is 3. The van der Waals surface area contributed by atoms with Crippen molar-refractivity contribution in [2.24, 2.45) is 0 Å². The molecule has 0 bridgehead atoms. The number of aromatic nitrogens is 3. The molecule has 5 heteroatoms. The van der Waals surface area contributed by atoms with Crippen molar-refractivity contribution >= 4 is 15.9 Å². The first kappa shape index (κ1) is 13.7. The van der Waals surface area contributed by atoms with Crippen molar-refractivity contribution in [1.82, 2.24) is 15.0 Å². The molecule has 1 N–H and O–H groups in total. The Bertz CT molecular complexity index is 801. The monoisotopic (exact) mass is 341 g/mol. The molecule has 0 aliphatic heterocycles. The van der Waals surface area contributed by atoms with E-state index in [-0.39, 0.29) is 5.56 Å². The molecule has 21 heavy (non-hydrogen) atoms. The highest BCUT2D eigenvalue weighted by atomic mass is 79.9. The van der Waals surface area contributed by atoms with Gasteiger partial charge in [0.2, 0.25) is 0 Å². The van der Waals surface area contributed by atoms with Crippen LogP contribution < -0.4 is 5.56 Å². The summed E-state index contributed by atoms with van der Waals surface area (Å²) in [6.45, 7) is 0. The van der Waals surface area contributed by atoms with E-state index < -0.39 is 0 Å². The van der Waals surface area contributed by atoms with Gasteiger partial charge in [-0.1, -0.05) is 36.4 Å². The van der Waals surface area contributed by atoms with Crippen molar-refractivity contribution in [1.29, 1.82) is 0 Å². The number of pyridine rings is 1. The van der Waals surface area contributed by atoms with Gasteiger partial charge in [0, 0.05) is 23.9 Å². The highest BCUT2D eigenvalue weighted by molar-refractivity contribution is 9.10. The lowest BCUT2D eigenvalue weighted by molar-refractivity contribution is 0.916. The molecule has 2 aromatic heterocycles. The number of benzene rings is 1. The van der Waals surface area contributed by atoms with Crippen LogP contribution in [-0.4, -0.2) is 15.0 Å². The van der Waals surface area contributed by atoms with Gasteiger partial charge in [-0.2, -0.15) is 0 Å². The number of hydrogen-bond acceptors (Lipinski definition) is 3. The van der Waals surface area contributed by atoms with Crippen LogP contribution in [0.2, 0.25) is 0 Å². The predicted octanol–water partition coefficient (Wildman–Crippen LogP) is 3.19. The van der Waals surface area contributed by atoms with E-state index in [0.29, 0.717) is 22.4 Å². The standard InChI is InChI=1S/C16H12BrN3O/c17-14-15(11-6-2-1-3-7-11)19-13(20-16(14)21)10-12-8-4-5-9-18-12/h1-9H,10H2,(H,19,20,21). The topological polar surface area (TPSA) is 58.6 Å². The van der Waals surface area contributed by atoms with Gasteiger partial charge in [-0.3, -0.25) is 9.78 Å². The van der Waals surface area contributed by atoms with Crippen LogP contribution in [0.25, 0.3) is 11.3 Å². The Kier molecular flexibility index (Phi) is 3.92. The van der Waals surface area contributed by atoms with E-state index in [2.05, 4.69) is 30.9 Å². The van der Waals surface area contributed by atoms with Crippen LogP contribution in [0.5, 0.6) is 0 Å². The summed E-state index contributed by atoms with van der Waals surface area (Å²) in [4.78, 5) is 23.7. The average molecular weight is 342 g/mol. The van der Waals surface area contributed by atoms with Gasteiger partial charge < -0.3 is 4.98 Å². The van der Waals surface area contributed by atoms with Gasteiger partial charge in [-0.25, -0.2) is 4.98 Å². The zero-order chi connectivity index (χ0) is 14.7. The smallest absolute Gasteiger partial charge is 0.265 e. The van der Waals surface area contributed by atoms with Crippen LogP contribution in [-0.2, 0) is 6.42 Å². The van der Waals surface area contributed by atoms with Crippen LogP contribution in [0, 0.1) is 0 Å². The summed E-state index contributed by atoms with van der Waals surface area (Å²) < 4.78 is 0.443. The summed E-state index contributed by atoms with van der Waals surface area (Å²) in [5.41, 5.74) is 2.22. The molecule has 3 aromatic rings. The zero-order valence-electron chi connectivity index (χ0n) is 11.1.